The smallest absolute Gasteiger partial charge is 0.0809 e. The van der Waals surface area contributed by atoms with Crippen molar-refractivity contribution in [1.29, 1.82) is 0 Å². The fourth-order valence-electron chi connectivity index (χ4n) is 3.27. The minimum Gasteiger partial charge on any atom is -0.379 e. The minimum atomic E-state index is 0.368. The molecule has 4 unspecified atom stereocenters. The maximum atomic E-state index is 5.69. The average Bonchev–Trinajstić information content (AvgIpc) is 2.90. The highest BCUT2D eigenvalue weighted by molar-refractivity contribution is 4.81. The van der Waals surface area contributed by atoms with E-state index >= 15 is 0 Å². The van der Waals surface area contributed by atoms with Crippen LogP contribution in [0, 0.1) is 11.8 Å². The Kier molecular flexibility index (Phi) is 6.62. The summed E-state index contributed by atoms with van der Waals surface area (Å²) in [6.07, 6.45) is 8.00. The van der Waals surface area contributed by atoms with Crippen LogP contribution < -0.4 is 5.32 Å². The quantitative estimate of drug-likeness (QED) is 0.721. The van der Waals surface area contributed by atoms with Crippen LogP contribution >= 0.6 is 0 Å². The SMILES string of the molecule is CC1CCC(C)C(NCCCOCC2CCCO2)C1. The van der Waals surface area contributed by atoms with Crippen molar-refractivity contribution >= 4 is 0 Å². The molecule has 1 N–H and O–H groups in total. The lowest BCUT2D eigenvalue weighted by Gasteiger charge is -2.33. The molecule has 1 saturated heterocycles. The Labute approximate surface area is 118 Å². The Bertz CT molecular complexity index is 241. The Morgan fingerprint density at radius 1 is 1.21 bits per heavy atom. The molecule has 0 spiro atoms. The molecule has 0 bridgehead atoms. The van der Waals surface area contributed by atoms with Crippen LogP contribution in [0.1, 0.15) is 52.4 Å². The standard InChI is InChI=1S/C16H31NO2/c1-13-6-7-14(2)16(11-13)17-8-4-9-18-12-15-5-3-10-19-15/h13-17H,3-12H2,1-2H3. The van der Waals surface area contributed by atoms with Crippen LogP contribution in [0.15, 0.2) is 0 Å². The molecule has 1 aliphatic carbocycles. The van der Waals surface area contributed by atoms with Gasteiger partial charge in [-0.3, -0.25) is 0 Å². The van der Waals surface area contributed by atoms with Crippen LogP contribution in [0.3, 0.4) is 0 Å². The topological polar surface area (TPSA) is 30.5 Å². The largest absolute Gasteiger partial charge is 0.379 e. The molecule has 0 aromatic carbocycles. The second-order valence-electron chi connectivity index (χ2n) is 6.52. The van der Waals surface area contributed by atoms with E-state index in [2.05, 4.69) is 19.2 Å². The summed E-state index contributed by atoms with van der Waals surface area (Å²) in [6, 6.07) is 0.724. The van der Waals surface area contributed by atoms with Gasteiger partial charge in [0, 0.05) is 19.3 Å². The van der Waals surface area contributed by atoms with Gasteiger partial charge in [0.05, 0.1) is 12.7 Å². The van der Waals surface area contributed by atoms with Crippen LogP contribution in [0.4, 0.5) is 0 Å². The van der Waals surface area contributed by atoms with E-state index in [4.69, 9.17) is 9.47 Å². The van der Waals surface area contributed by atoms with Crippen molar-refractivity contribution in [2.75, 3.05) is 26.4 Å². The number of rotatable bonds is 7. The summed E-state index contributed by atoms with van der Waals surface area (Å²) in [7, 11) is 0. The van der Waals surface area contributed by atoms with E-state index < -0.39 is 0 Å². The lowest BCUT2D eigenvalue weighted by Crippen LogP contribution is -2.40. The van der Waals surface area contributed by atoms with E-state index in [0.29, 0.717) is 6.10 Å². The maximum Gasteiger partial charge on any atom is 0.0809 e. The highest BCUT2D eigenvalue weighted by Gasteiger charge is 2.24. The van der Waals surface area contributed by atoms with Crippen LogP contribution in [0.5, 0.6) is 0 Å². The van der Waals surface area contributed by atoms with Crippen molar-refractivity contribution in [2.24, 2.45) is 11.8 Å². The predicted molar refractivity (Wildman–Crippen MR) is 78.4 cm³/mol. The van der Waals surface area contributed by atoms with E-state index in [0.717, 1.165) is 50.7 Å². The molecular weight excluding hydrogens is 238 g/mol. The molecule has 112 valence electrons. The monoisotopic (exact) mass is 269 g/mol. The number of hydrogen-bond donors (Lipinski definition) is 1. The van der Waals surface area contributed by atoms with Gasteiger partial charge in [0.2, 0.25) is 0 Å². The molecule has 1 saturated carbocycles. The summed E-state index contributed by atoms with van der Waals surface area (Å²) in [5, 5.41) is 3.72. The Hall–Kier alpha value is -0.120. The molecule has 2 rings (SSSR count). The molecule has 19 heavy (non-hydrogen) atoms. The zero-order valence-electron chi connectivity index (χ0n) is 12.7. The molecule has 2 fully saturated rings. The van der Waals surface area contributed by atoms with Gasteiger partial charge in [0.1, 0.15) is 0 Å². The first kappa shape index (κ1) is 15.3. The Morgan fingerprint density at radius 2 is 2.11 bits per heavy atom. The summed E-state index contributed by atoms with van der Waals surface area (Å²) in [4.78, 5) is 0. The van der Waals surface area contributed by atoms with Crippen LogP contribution in [-0.4, -0.2) is 38.5 Å². The fraction of sp³-hybridized carbons (Fsp3) is 1.00. The summed E-state index contributed by atoms with van der Waals surface area (Å²) < 4.78 is 11.2. The first-order chi connectivity index (χ1) is 9.25. The normalized spacial score (nSPS) is 35.7. The van der Waals surface area contributed by atoms with Gasteiger partial charge < -0.3 is 14.8 Å². The number of nitrogens with one attached hydrogen (secondary N) is 1. The third-order valence-electron chi connectivity index (χ3n) is 4.66. The average molecular weight is 269 g/mol. The predicted octanol–water partition coefficient (Wildman–Crippen LogP) is 2.99. The molecular formula is C16H31NO2. The fourth-order valence-corrected chi connectivity index (χ4v) is 3.27. The van der Waals surface area contributed by atoms with Gasteiger partial charge in [-0.05, 0) is 50.5 Å². The van der Waals surface area contributed by atoms with E-state index in [1.54, 1.807) is 0 Å². The highest BCUT2D eigenvalue weighted by Crippen LogP contribution is 2.28. The first-order valence-electron chi connectivity index (χ1n) is 8.18. The lowest BCUT2D eigenvalue weighted by atomic mass is 9.80. The summed E-state index contributed by atoms with van der Waals surface area (Å²) in [5.74, 6) is 1.73. The van der Waals surface area contributed by atoms with Gasteiger partial charge in [-0.15, -0.1) is 0 Å². The van der Waals surface area contributed by atoms with E-state index in [-0.39, 0.29) is 0 Å². The van der Waals surface area contributed by atoms with E-state index in [1.165, 1.54) is 32.1 Å². The van der Waals surface area contributed by atoms with Gasteiger partial charge >= 0.3 is 0 Å². The molecule has 0 aromatic rings. The third-order valence-corrected chi connectivity index (χ3v) is 4.66. The number of hydrogen-bond acceptors (Lipinski definition) is 3. The molecule has 2 aliphatic rings. The van der Waals surface area contributed by atoms with Crippen molar-refractivity contribution in [3.8, 4) is 0 Å². The van der Waals surface area contributed by atoms with Crippen molar-refractivity contribution in [3.63, 3.8) is 0 Å². The second-order valence-corrected chi connectivity index (χ2v) is 6.52. The van der Waals surface area contributed by atoms with Crippen LogP contribution in [0.25, 0.3) is 0 Å². The second kappa shape index (κ2) is 8.23. The molecule has 1 aliphatic heterocycles. The van der Waals surface area contributed by atoms with Crippen molar-refractivity contribution in [2.45, 2.75) is 64.5 Å². The van der Waals surface area contributed by atoms with Crippen molar-refractivity contribution in [3.05, 3.63) is 0 Å². The van der Waals surface area contributed by atoms with Crippen LogP contribution in [-0.2, 0) is 9.47 Å². The molecule has 1 heterocycles. The van der Waals surface area contributed by atoms with Crippen molar-refractivity contribution < 1.29 is 9.47 Å². The summed E-state index contributed by atoms with van der Waals surface area (Å²) in [6.45, 7) is 8.43. The van der Waals surface area contributed by atoms with Crippen LogP contribution in [0.2, 0.25) is 0 Å². The van der Waals surface area contributed by atoms with Gasteiger partial charge in [-0.25, -0.2) is 0 Å². The Balaban J connectivity index is 1.46. The molecule has 3 nitrogen and oxygen atoms in total. The van der Waals surface area contributed by atoms with Gasteiger partial charge in [-0.2, -0.15) is 0 Å². The van der Waals surface area contributed by atoms with E-state index in [9.17, 15) is 0 Å². The molecule has 0 amide bonds. The van der Waals surface area contributed by atoms with Crippen molar-refractivity contribution in [1.82, 2.24) is 5.32 Å². The lowest BCUT2D eigenvalue weighted by molar-refractivity contribution is 0.0163. The third kappa shape index (κ3) is 5.41. The van der Waals surface area contributed by atoms with E-state index in [1.807, 2.05) is 0 Å². The molecule has 0 radical (unpaired) electrons. The molecule has 0 aromatic heterocycles. The number of ether oxygens (including phenoxy) is 2. The zero-order valence-corrected chi connectivity index (χ0v) is 12.7. The maximum absolute atomic E-state index is 5.69. The highest BCUT2D eigenvalue weighted by atomic mass is 16.5. The molecule has 4 atom stereocenters. The zero-order chi connectivity index (χ0) is 13.5. The van der Waals surface area contributed by atoms with Gasteiger partial charge in [-0.1, -0.05) is 20.3 Å². The first-order valence-corrected chi connectivity index (χ1v) is 8.18. The van der Waals surface area contributed by atoms with Gasteiger partial charge in [0.15, 0.2) is 0 Å². The molecule has 3 heteroatoms. The Morgan fingerprint density at radius 3 is 2.89 bits per heavy atom. The summed E-state index contributed by atoms with van der Waals surface area (Å²) >= 11 is 0. The van der Waals surface area contributed by atoms with Gasteiger partial charge in [0.25, 0.3) is 0 Å². The summed E-state index contributed by atoms with van der Waals surface area (Å²) in [5.41, 5.74) is 0. The minimum absolute atomic E-state index is 0.368.